The fourth-order valence-electron chi connectivity index (χ4n) is 4.11. The van der Waals surface area contributed by atoms with Crippen molar-refractivity contribution in [1.29, 1.82) is 0 Å². The third-order valence-electron chi connectivity index (χ3n) is 5.43. The summed E-state index contributed by atoms with van der Waals surface area (Å²) in [7, 11) is 0. The fourth-order valence-corrected chi connectivity index (χ4v) is 4.11. The van der Waals surface area contributed by atoms with Crippen molar-refractivity contribution in [2.45, 2.75) is 64.9 Å². The lowest BCUT2D eigenvalue weighted by atomic mass is 9.69. The fraction of sp³-hybridized carbons (Fsp3) is 1.00. The molecule has 0 heterocycles. The van der Waals surface area contributed by atoms with Crippen LogP contribution in [-0.2, 0) is 0 Å². The monoisotopic (exact) mass is 239 g/mol. The van der Waals surface area contributed by atoms with E-state index in [0.29, 0.717) is 12.5 Å². The van der Waals surface area contributed by atoms with Gasteiger partial charge in [0.2, 0.25) is 0 Å². The van der Waals surface area contributed by atoms with Crippen molar-refractivity contribution < 1.29 is 5.11 Å². The van der Waals surface area contributed by atoms with E-state index in [4.69, 9.17) is 5.73 Å². The van der Waals surface area contributed by atoms with Crippen molar-refractivity contribution in [2.24, 2.45) is 28.9 Å². The Kier molecular flexibility index (Phi) is 4.14. The number of rotatable bonds is 3. The Hall–Kier alpha value is -0.0800. The average molecular weight is 239 g/mol. The summed E-state index contributed by atoms with van der Waals surface area (Å²) < 4.78 is 0. The van der Waals surface area contributed by atoms with Crippen LogP contribution in [0.1, 0.15) is 58.8 Å². The third-order valence-corrected chi connectivity index (χ3v) is 5.43. The topological polar surface area (TPSA) is 46.2 Å². The lowest BCUT2D eigenvalue weighted by Crippen LogP contribution is -2.45. The average Bonchev–Trinajstić information content (AvgIpc) is 2.72. The molecule has 0 spiro atoms. The van der Waals surface area contributed by atoms with Crippen molar-refractivity contribution >= 4 is 0 Å². The normalized spacial score (nSPS) is 44.8. The van der Waals surface area contributed by atoms with E-state index in [2.05, 4.69) is 13.8 Å². The molecule has 0 bridgehead atoms. The zero-order valence-corrected chi connectivity index (χ0v) is 11.5. The van der Waals surface area contributed by atoms with Gasteiger partial charge in [0.1, 0.15) is 0 Å². The van der Waals surface area contributed by atoms with Gasteiger partial charge in [0.15, 0.2) is 0 Å². The van der Waals surface area contributed by atoms with Crippen molar-refractivity contribution in [3.05, 3.63) is 0 Å². The smallest absolute Gasteiger partial charge is 0.0636 e. The molecule has 0 aromatic heterocycles. The van der Waals surface area contributed by atoms with Crippen LogP contribution in [0.2, 0.25) is 0 Å². The summed E-state index contributed by atoms with van der Waals surface area (Å²) in [6.07, 6.45) is 8.36. The molecule has 2 nitrogen and oxygen atoms in total. The Balaban J connectivity index is 2.00. The highest BCUT2D eigenvalue weighted by molar-refractivity contribution is 4.97. The molecule has 3 atom stereocenters. The highest BCUT2D eigenvalue weighted by Gasteiger charge is 2.45. The molecule has 0 aromatic carbocycles. The second-order valence-corrected chi connectivity index (χ2v) is 6.88. The largest absolute Gasteiger partial charge is 0.392 e. The molecule has 0 aliphatic heterocycles. The SMILES string of the molecule is CC1CCC(C(O)C2(CN)CCC(C)C2)CC1. The number of nitrogens with two attached hydrogens (primary N) is 1. The molecule has 3 N–H and O–H groups in total. The third kappa shape index (κ3) is 2.68. The van der Waals surface area contributed by atoms with Crippen LogP contribution in [-0.4, -0.2) is 17.8 Å². The lowest BCUT2D eigenvalue weighted by molar-refractivity contribution is -0.0288. The molecule has 2 aliphatic carbocycles. The van der Waals surface area contributed by atoms with Gasteiger partial charge in [-0.3, -0.25) is 0 Å². The number of hydrogen-bond donors (Lipinski definition) is 2. The minimum atomic E-state index is -0.148. The number of aliphatic hydroxyl groups excluding tert-OH is 1. The van der Waals surface area contributed by atoms with Crippen LogP contribution >= 0.6 is 0 Å². The molecule has 2 saturated carbocycles. The minimum Gasteiger partial charge on any atom is -0.392 e. The van der Waals surface area contributed by atoms with Gasteiger partial charge < -0.3 is 10.8 Å². The van der Waals surface area contributed by atoms with Gasteiger partial charge in [-0.2, -0.15) is 0 Å². The molecule has 17 heavy (non-hydrogen) atoms. The molecule has 2 rings (SSSR count). The highest BCUT2D eigenvalue weighted by atomic mass is 16.3. The maximum atomic E-state index is 10.7. The van der Waals surface area contributed by atoms with Crippen molar-refractivity contribution in [2.75, 3.05) is 6.54 Å². The molecular weight excluding hydrogens is 210 g/mol. The molecule has 2 heteroatoms. The zero-order chi connectivity index (χ0) is 12.5. The standard InChI is InChI=1S/C15H29NO/c1-11-3-5-13(6-4-11)14(17)15(10-16)8-7-12(2)9-15/h11-14,17H,3-10,16H2,1-2H3. The van der Waals surface area contributed by atoms with Crippen LogP contribution in [0.5, 0.6) is 0 Å². The zero-order valence-electron chi connectivity index (χ0n) is 11.5. The maximum Gasteiger partial charge on any atom is 0.0636 e. The molecule has 100 valence electrons. The molecular formula is C15H29NO. The van der Waals surface area contributed by atoms with Gasteiger partial charge in [-0.1, -0.05) is 33.1 Å². The van der Waals surface area contributed by atoms with Crippen molar-refractivity contribution in [3.63, 3.8) is 0 Å². The van der Waals surface area contributed by atoms with Crippen LogP contribution in [0.25, 0.3) is 0 Å². The molecule has 0 aromatic rings. The van der Waals surface area contributed by atoms with E-state index in [1.165, 1.54) is 32.1 Å². The summed E-state index contributed by atoms with van der Waals surface area (Å²) in [6, 6.07) is 0. The van der Waals surface area contributed by atoms with Crippen LogP contribution in [0.3, 0.4) is 0 Å². The molecule has 2 fully saturated rings. The second kappa shape index (κ2) is 5.27. The lowest BCUT2D eigenvalue weighted by Gasteiger charge is -2.40. The Labute approximate surface area is 106 Å². The van der Waals surface area contributed by atoms with Gasteiger partial charge in [0.25, 0.3) is 0 Å². The first-order valence-corrected chi connectivity index (χ1v) is 7.45. The van der Waals surface area contributed by atoms with E-state index < -0.39 is 0 Å². The van der Waals surface area contributed by atoms with Gasteiger partial charge >= 0.3 is 0 Å². The summed E-state index contributed by atoms with van der Waals surface area (Å²) in [5.41, 5.74) is 6.05. The predicted octanol–water partition coefficient (Wildman–Crippen LogP) is 2.94. The summed E-state index contributed by atoms with van der Waals surface area (Å²) in [5.74, 6) is 2.12. The van der Waals surface area contributed by atoms with Crippen LogP contribution in [0.4, 0.5) is 0 Å². The first kappa shape index (κ1) is 13.4. The van der Waals surface area contributed by atoms with Crippen molar-refractivity contribution in [1.82, 2.24) is 0 Å². The van der Waals surface area contributed by atoms with Gasteiger partial charge in [0, 0.05) is 12.0 Å². The van der Waals surface area contributed by atoms with Crippen LogP contribution in [0.15, 0.2) is 0 Å². The van der Waals surface area contributed by atoms with E-state index in [1.54, 1.807) is 0 Å². The second-order valence-electron chi connectivity index (χ2n) is 6.88. The maximum absolute atomic E-state index is 10.7. The first-order valence-electron chi connectivity index (χ1n) is 7.45. The highest BCUT2D eigenvalue weighted by Crippen LogP contribution is 2.47. The molecule has 0 amide bonds. The Morgan fingerprint density at radius 1 is 1.12 bits per heavy atom. The van der Waals surface area contributed by atoms with Gasteiger partial charge in [0.05, 0.1) is 6.10 Å². The number of hydrogen-bond acceptors (Lipinski definition) is 2. The summed E-state index contributed by atoms with van der Waals surface area (Å²) >= 11 is 0. The number of aliphatic hydroxyl groups is 1. The first-order chi connectivity index (χ1) is 8.07. The quantitative estimate of drug-likeness (QED) is 0.795. The van der Waals surface area contributed by atoms with Gasteiger partial charge in [-0.15, -0.1) is 0 Å². The summed E-state index contributed by atoms with van der Waals surface area (Å²) in [4.78, 5) is 0. The summed E-state index contributed by atoms with van der Waals surface area (Å²) in [5, 5.41) is 10.7. The predicted molar refractivity (Wildman–Crippen MR) is 71.6 cm³/mol. The van der Waals surface area contributed by atoms with E-state index in [1.807, 2.05) is 0 Å². The minimum absolute atomic E-state index is 0.0463. The molecule has 0 saturated heterocycles. The molecule has 2 aliphatic rings. The van der Waals surface area contributed by atoms with E-state index in [-0.39, 0.29) is 11.5 Å². The van der Waals surface area contributed by atoms with Crippen molar-refractivity contribution in [3.8, 4) is 0 Å². The van der Waals surface area contributed by atoms with E-state index in [9.17, 15) is 5.11 Å². The Bertz CT molecular complexity index is 247. The Morgan fingerprint density at radius 3 is 2.24 bits per heavy atom. The van der Waals surface area contributed by atoms with Crippen LogP contribution < -0.4 is 5.73 Å². The summed E-state index contributed by atoms with van der Waals surface area (Å²) in [6.45, 7) is 5.30. The molecule has 0 radical (unpaired) electrons. The van der Waals surface area contributed by atoms with E-state index in [0.717, 1.165) is 24.7 Å². The van der Waals surface area contributed by atoms with Gasteiger partial charge in [-0.05, 0) is 43.4 Å². The van der Waals surface area contributed by atoms with E-state index >= 15 is 0 Å². The van der Waals surface area contributed by atoms with Crippen LogP contribution in [0, 0.1) is 23.2 Å². The Morgan fingerprint density at radius 2 is 1.76 bits per heavy atom. The van der Waals surface area contributed by atoms with Gasteiger partial charge in [-0.25, -0.2) is 0 Å². The molecule has 3 unspecified atom stereocenters.